The van der Waals surface area contributed by atoms with Crippen molar-refractivity contribution in [3.8, 4) is 0 Å². The molecule has 0 saturated heterocycles. The van der Waals surface area contributed by atoms with Gasteiger partial charge in [-0.25, -0.2) is 0 Å². The van der Waals surface area contributed by atoms with Gasteiger partial charge in [0.2, 0.25) is 0 Å². The van der Waals surface area contributed by atoms with E-state index in [1.807, 2.05) is 12.1 Å². The fourth-order valence-corrected chi connectivity index (χ4v) is 2.48. The highest BCUT2D eigenvalue weighted by molar-refractivity contribution is 5.23. The van der Waals surface area contributed by atoms with Crippen LogP contribution in [0.25, 0.3) is 0 Å². The predicted molar refractivity (Wildman–Crippen MR) is 84.9 cm³/mol. The summed E-state index contributed by atoms with van der Waals surface area (Å²) in [6.07, 6.45) is 2.68. The molecule has 1 heterocycles. The standard InChI is InChI=1S/C19H19NO/c1-3-8-16(9-4-1)14-19(17-10-5-2-6-11-17)20-15-18-12-7-13-21-18/h1-13,19-20H,14-15H2/t19-/m1/s1. The number of furan rings is 1. The lowest BCUT2D eigenvalue weighted by atomic mass is 9.99. The van der Waals surface area contributed by atoms with E-state index < -0.39 is 0 Å². The Morgan fingerprint density at radius 2 is 1.52 bits per heavy atom. The Morgan fingerprint density at radius 3 is 2.19 bits per heavy atom. The maximum Gasteiger partial charge on any atom is 0.117 e. The molecule has 0 aliphatic heterocycles. The van der Waals surface area contributed by atoms with Crippen LogP contribution in [0.15, 0.2) is 83.5 Å². The third-order valence-electron chi connectivity index (χ3n) is 3.59. The lowest BCUT2D eigenvalue weighted by molar-refractivity contribution is 0.447. The highest BCUT2D eigenvalue weighted by atomic mass is 16.3. The summed E-state index contributed by atoms with van der Waals surface area (Å²) in [6.45, 7) is 0.736. The summed E-state index contributed by atoms with van der Waals surface area (Å²) in [5, 5.41) is 3.59. The van der Waals surface area contributed by atoms with Gasteiger partial charge in [0.25, 0.3) is 0 Å². The molecule has 0 radical (unpaired) electrons. The fourth-order valence-electron chi connectivity index (χ4n) is 2.48. The van der Waals surface area contributed by atoms with Crippen LogP contribution in [-0.4, -0.2) is 0 Å². The van der Waals surface area contributed by atoms with Gasteiger partial charge in [-0.1, -0.05) is 60.7 Å². The van der Waals surface area contributed by atoms with E-state index in [1.165, 1.54) is 11.1 Å². The van der Waals surface area contributed by atoms with Crippen molar-refractivity contribution in [1.29, 1.82) is 0 Å². The number of hydrogen-bond donors (Lipinski definition) is 1. The van der Waals surface area contributed by atoms with Crippen LogP contribution in [0.1, 0.15) is 22.9 Å². The number of hydrogen-bond acceptors (Lipinski definition) is 2. The van der Waals surface area contributed by atoms with E-state index in [-0.39, 0.29) is 6.04 Å². The van der Waals surface area contributed by atoms with Gasteiger partial charge in [-0.15, -0.1) is 0 Å². The first-order valence-corrected chi connectivity index (χ1v) is 7.26. The van der Waals surface area contributed by atoms with Crippen molar-refractivity contribution in [1.82, 2.24) is 5.32 Å². The molecule has 0 amide bonds. The molecule has 2 aromatic carbocycles. The number of rotatable bonds is 6. The third-order valence-corrected chi connectivity index (χ3v) is 3.59. The lowest BCUT2D eigenvalue weighted by Gasteiger charge is -2.19. The first-order valence-electron chi connectivity index (χ1n) is 7.26. The van der Waals surface area contributed by atoms with E-state index in [1.54, 1.807) is 6.26 Å². The molecular weight excluding hydrogens is 258 g/mol. The average Bonchev–Trinajstić information content (AvgIpc) is 3.07. The molecule has 0 aliphatic carbocycles. The number of benzene rings is 2. The Bertz CT molecular complexity index is 632. The largest absolute Gasteiger partial charge is 0.468 e. The second-order valence-electron chi connectivity index (χ2n) is 5.11. The highest BCUT2D eigenvalue weighted by Crippen LogP contribution is 2.19. The molecule has 1 aromatic heterocycles. The van der Waals surface area contributed by atoms with Gasteiger partial charge in [0, 0.05) is 6.04 Å². The van der Waals surface area contributed by atoms with Crippen molar-refractivity contribution in [3.05, 3.63) is 95.9 Å². The first-order chi connectivity index (χ1) is 10.4. The highest BCUT2D eigenvalue weighted by Gasteiger charge is 2.12. The molecule has 1 N–H and O–H groups in total. The van der Waals surface area contributed by atoms with E-state index in [9.17, 15) is 0 Å². The average molecular weight is 277 g/mol. The summed E-state index contributed by atoms with van der Waals surface area (Å²) in [7, 11) is 0. The second-order valence-corrected chi connectivity index (χ2v) is 5.11. The molecule has 106 valence electrons. The van der Waals surface area contributed by atoms with Crippen molar-refractivity contribution in [2.24, 2.45) is 0 Å². The molecule has 1 atom stereocenters. The Balaban J connectivity index is 1.74. The molecule has 2 heteroatoms. The normalized spacial score (nSPS) is 12.2. The van der Waals surface area contributed by atoms with Crippen molar-refractivity contribution in [3.63, 3.8) is 0 Å². The summed E-state index contributed by atoms with van der Waals surface area (Å²) in [5.41, 5.74) is 2.63. The van der Waals surface area contributed by atoms with Crippen LogP contribution in [0, 0.1) is 0 Å². The number of nitrogens with one attached hydrogen (secondary N) is 1. The van der Waals surface area contributed by atoms with Crippen LogP contribution >= 0.6 is 0 Å². The molecule has 3 aromatic rings. The van der Waals surface area contributed by atoms with Gasteiger partial charge in [0.1, 0.15) is 5.76 Å². The van der Waals surface area contributed by atoms with Crippen LogP contribution in [0.5, 0.6) is 0 Å². The summed E-state index contributed by atoms with van der Waals surface area (Å²) in [5.74, 6) is 0.962. The van der Waals surface area contributed by atoms with Gasteiger partial charge in [-0.05, 0) is 29.7 Å². The quantitative estimate of drug-likeness (QED) is 0.724. The van der Waals surface area contributed by atoms with Crippen molar-refractivity contribution < 1.29 is 4.42 Å². The van der Waals surface area contributed by atoms with Gasteiger partial charge < -0.3 is 9.73 Å². The van der Waals surface area contributed by atoms with Gasteiger partial charge in [0.15, 0.2) is 0 Å². The molecule has 21 heavy (non-hydrogen) atoms. The molecule has 0 fully saturated rings. The Hall–Kier alpha value is -2.32. The third kappa shape index (κ3) is 3.83. The van der Waals surface area contributed by atoms with E-state index in [4.69, 9.17) is 4.42 Å². The minimum Gasteiger partial charge on any atom is -0.468 e. The predicted octanol–water partition coefficient (Wildman–Crippen LogP) is 4.35. The monoisotopic (exact) mass is 277 g/mol. The molecule has 2 nitrogen and oxygen atoms in total. The van der Waals surface area contributed by atoms with Gasteiger partial charge in [-0.2, -0.15) is 0 Å². The van der Waals surface area contributed by atoms with Crippen LogP contribution in [0.4, 0.5) is 0 Å². The summed E-state index contributed by atoms with van der Waals surface area (Å²) in [4.78, 5) is 0. The zero-order valence-electron chi connectivity index (χ0n) is 11.9. The smallest absolute Gasteiger partial charge is 0.117 e. The summed E-state index contributed by atoms with van der Waals surface area (Å²) in [6, 6.07) is 25.3. The van der Waals surface area contributed by atoms with Crippen LogP contribution in [0.2, 0.25) is 0 Å². The minimum atomic E-state index is 0.277. The van der Waals surface area contributed by atoms with E-state index >= 15 is 0 Å². The zero-order valence-corrected chi connectivity index (χ0v) is 11.9. The Morgan fingerprint density at radius 1 is 0.810 bits per heavy atom. The van der Waals surface area contributed by atoms with E-state index in [2.05, 4.69) is 66.0 Å². The Labute approximate surface area is 125 Å². The van der Waals surface area contributed by atoms with E-state index in [0.29, 0.717) is 0 Å². The van der Waals surface area contributed by atoms with Crippen molar-refractivity contribution >= 4 is 0 Å². The second kappa shape index (κ2) is 6.91. The maximum absolute atomic E-state index is 5.41. The van der Waals surface area contributed by atoms with Crippen molar-refractivity contribution in [2.75, 3.05) is 0 Å². The molecule has 0 saturated carbocycles. The topological polar surface area (TPSA) is 25.2 Å². The summed E-state index contributed by atoms with van der Waals surface area (Å²) >= 11 is 0. The fraction of sp³-hybridized carbons (Fsp3) is 0.158. The Kier molecular flexibility index (Phi) is 4.49. The van der Waals surface area contributed by atoms with Crippen LogP contribution in [-0.2, 0) is 13.0 Å². The lowest BCUT2D eigenvalue weighted by Crippen LogP contribution is -2.22. The molecular formula is C19H19NO. The van der Waals surface area contributed by atoms with Crippen LogP contribution < -0.4 is 5.32 Å². The van der Waals surface area contributed by atoms with E-state index in [0.717, 1.165) is 18.7 Å². The SMILES string of the molecule is c1ccc(C[C@@H](NCc2ccco2)c2ccccc2)cc1. The van der Waals surface area contributed by atoms with Crippen LogP contribution in [0.3, 0.4) is 0 Å². The van der Waals surface area contributed by atoms with Crippen molar-refractivity contribution in [2.45, 2.75) is 19.0 Å². The molecule has 0 spiro atoms. The zero-order chi connectivity index (χ0) is 14.3. The molecule has 0 unspecified atom stereocenters. The minimum absolute atomic E-state index is 0.277. The van der Waals surface area contributed by atoms with Gasteiger partial charge in [-0.3, -0.25) is 0 Å². The van der Waals surface area contributed by atoms with Gasteiger partial charge in [0.05, 0.1) is 12.8 Å². The maximum atomic E-state index is 5.41. The van der Waals surface area contributed by atoms with Gasteiger partial charge >= 0.3 is 0 Å². The molecule has 0 bridgehead atoms. The summed E-state index contributed by atoms with van der Waals surface area (Å²) < 4.78 is 5.41. The molecule has 0 aliphatic rings. The first kappa shape index (κ1) is 13.7. The molecule has 3 rings (SSSR count).